The van der Waals surface area contributed by atoms with Gasteiger partial charge < -0.3 is 15.4 Å². The molecule has 1 aliphatic rings. The Labute approximate surface area is 116 Å². The molecule has 1 fully saturated rings. The molecule has 19 heavy (non-hydrogen) atoms. The molecule has 1 aromatic carbocycles. The summed E-state index contributed by atoms with van der Waals surface area (Å²) in [5.41, 5.74) is 7.48. The molecule has 1 aromatic rings. The monoisotopic (exact) mass is 262 g/mol. The molecule has 1 atom stereocenters. The number of likely N-dealkylation sites (tertiary alicyclic amines) is 1. The molecule has 2 N–H and O–H groups in total. The van der Waals surface area contributed by atoms with Gasteiger partial charge in [-0.05, 0) is 43.8 Å². The summed E-state index contributed by atoms with van der Waals surface area (Å²) in [6.07, 6.45) is 3.79. The number of nitrogens with two attached hydrogens (primary N) is 1. The first-order valence-electron chi connectivity index (χ1n) is 7.28. The van der Waals surface area contributed by atoms with Crippen LogP contribution in [0.4, 0.5) is 0 Å². The minimum absolute atomic E-state index is 0.149. The van der Waals surface area contributed by atoms with E-state index < -0.39 is 0 Å². The molecule has 0 radical (unpaired) electrons. The maximum absolute atomic E-state index is 6.01. The summed E-state index contributed by atoms with van der Waals surface area (Å²) >= 11 is 0. The second-order valence-corrected chi connectivity index (χ2v) is 5.65. The third-order valence-electron chi connectivity index (χ3n) is 3.95. The lowest BCUT2D eigenvalue weighted by atomic mass is 9.90. The van der Waals surface area contributed by atoms with Crippen LogP contribution in [0, 0.1) is 5.92 Å². The van der Waals surface area contributed by atoms with Crippen molar-refractivity contribution in [3.05, 3.63) is 35.9 Å². The standard InChI is InChI=1S/C16H26N2O/c1-19-13-16(17)12-18-9-7-15(8-10-18)11-14-5-3-2-4-6-14/h2-6,15-16H,7-13,17H2,1H3. The SMILES string of the molecule is COCC(N)CN1CCC(Cc2ccccc2)CC1. The lowest BCUT2D eigenvalue weighted by Crippen LogP contribution is -2.44. The van der Waals surface area contributed by atoms with Gasteiger partial charge in [0.15, 0.2) is 0 Å². The lowest BCUT2D eigenvalue weighted by Gasteiger charge is -2.33. The van der Waals surface area contributed by atoms with E-state index in [0.717, 1.165) is 12.5 Å². The van der Waals surface area contributed by atoms with Gasteiger partial charge in [-0.2, -0.15) is 0 Å². The Kier molecular flexibility index (Phi) is 5.83. The van der Waals surface area contributed by atoms with Gasteiger partial charge in [0, 0.05) is 19.7 Å². The molecule has 1 unspecified atom stereocenters. The van der Waals surface area contributed by atoms with Crippen LogP contribution in [0.15, 0.2) is 30.3 Å². The van der Waals surface area contributed by atoms with Crippen molar-refractivity contribution in [2.24, 2.45) is 11.7 Å². The predicted molar refractivity (Wildman–Crippen MR) is 79.2 cm³/mol. The van der Waals surface area contributed by atoms with E-state index >= 15 is 0 Å². The van der Waals surface area contributed by atoms with Crippen LogP contribution in [-0.4, -0.2) is 44.3 Å². The van der Waals surface area contributed by atoms with Crippen LogP contribution in [0.5, 0.6) is 0 Å². The fraction of sp³-hybridized carbons (Fsp3) is 0.625. The van der Waals surface area contributed by atoms with Crippen molar-refractivity contribution in [1.29, 1.82) is 0 Å². The van der Waals surface area contributed by atoms with E-state index in [1.807, 2.05) is 0 Å². The van der Waals surface area contributed by atoms with Gasteiger partial charge in [0.2, 0.25) is 0 Å². The zero-order valence-electron chi connectivity index (χ0n) is 11.9. The molecule has 0 bridgehead atoms. The molecule has 1 aliphatic heterocycles. The van der Waals surface area contributed by atoms with E-state index in [1.54, 1.807) is 7.11 Å². The van der Waals surface area contributed by atoms with Gasteiger partial charge in [-0.1, -0.05) is 30.3 Å². The largest absolute Gasteiger partial charge is 0.383 e. The fourth-order valence-corrected chi connectivity index (χ4v) is 2.92. The van der Waals surface area contributed by atoms with Gasteiger partial charge in [0.05, 0.1) is 6.61 Å². The second kappa shape index (κ2) is 7.63. The zero-order chi connectivity index (χ0) is 13.5. The number of hydrogen-bond acceptors (Lipinski definition) is 3. The topological polar surface area (TPSA) is 38.5 Å². The van der Waals surface area contributed by atoms with Crippen molar-refractivity contribution in [2.75, 3.05) is 33.4 Å². The minimum Gasteiger partial charge on any atom is -0.383 e. The smallest absolute Gasteiger partial charge is 0.0626 e. The van der Waals surface area contributed by atoms with Crippen molar-refractivity contribution in [1.82, 2.24) is 4.90 Å². The fourth-order valence-electron chi connectivity index (χ4n) is 2.92. The summed E-state index contributed by atoms with van der Waals surface area (Å²) in [6.45, 7) is 3.97. The van der Waals surface area contributed by atoms with Gasteiger partial charge in [-0.3, -0.25) is 0 Å². The number of benzene rings is 1. The quantitative estimate of drug-likeness (QED) is 0.851. The molecule has 0 aliphatic carbocycles. The summed E-state index contributed by atoms with van der Waals surface area (Å²) in [5.74, 6) is 0.831. The summed E-state index contributed by atoms with van der Waals surface area (Å²) in [5, 5.41) is 0. The van der Waals surface area contributed by atoms with Gasteiger partial charge in [0.1, 0.15) is 0 Å². The van der Waals surface area contributed by atoms with Crippen LogP contribution >= 0.6 is 0 Å². The van der Waals surface area contributed by atoms with Gasteiger partial charge >= 0.3 is 0 Å². The molecule has 0 aromatic heterocycles. The molecule has 3 heteroatoms. The number of piperidine rings is 1. The molecular weight excluding hydrogens is 236 g/mol. The maximum atomic E-state index is 6.01. The first-order valence-corrected chi connectivity index (χ1v) is 7.28. The van der Waals surface area contributed by atoms with Crippen molar-refractivity contribution in [2.45, 2.75) is 25.3 Å². The Hall–Kier alpha value is -0.900. The molecule has 0 saturated carbocycles. The lowest BCUT2D eigenvalue weighted by molar-refractivity contribution is 0.131. The Morgan fingerprint density at radius 3 is 2.58 bits per heavy atom. The zero-order valence-corrected chi connectivity index (χ0v) is 11.9. The number of nitrogens with zero attached hydrogens (tertiary/aromatic N) is 1. The highest BCUT2D eigenvalue weighted by Crippen LogP contribution is 2.21. The highest BCUT2D eigenvalue weighted by molar-refractivity contribution is 5.15. The molecule has 0 spiro atoms. The number of ether oxygens (including phenoxy) is 1. The third kappa shape index (κ3) is 4.94. The second-order valence-electron chi connectivity index (χ2n) is 5.65. The summed E-state index contributed by atoms with van der Waals surface area (Å²) in [7, 11) is 1.71. The normalized spacial score (nSPS) is 19.5. The molecule has 3 nitrogen and oxygen atoms in total. The summed E-state index contributed by atoms with van der Waals surface area (Å²) in [6, 6.07) is 11.0. The highest BCUT2D eigenvalue weighted by atomic mass is 16.5. The van der Waals surface area contributed by atoms with E-state index in [0.29, 0.717) is 6.61 Å². The number of methoxy groups -OCH3 is 1. The Bertz CT molecular complexity index is 347. The first kappa shape index (κ1) is 14.5. The van der Waals surface area contributed by atoms with E-state index in [1.165, 1.54) is 37.9 Å². The molecular formula is C16H26N2O. The maximum Gasteiger partial charge on any atom is 0.0626 e. The van der Waals surface area contributed by atoms with Crippen LogP contribution in [0.1, 0.15) is 18.4 Å². The van der Waals surface area contributed by atoms with Gasteiger partial charge in [0.25, 0.3) is 0 Å². The average Bonchev–Trinajstić information content (AvgIpc) is 2.42. The third-order valence-corrected chi connectivity index (χ3v) is 3.95. The van der Waals surface area contributed by atoms with Crippen molar-refractivity contribution >= 4 is 0 Å². The molecule has 1 heterocycles. The van der Waals surface area contributed by atoms with Crippen LogP contribution in [0.3, 0.4) is 0 Å². The Morgan fingerprint density at radius 2 is 1.95 bits per heavy atom. The van der Waals surface area contributed by atoms with Crippen LogP contribution in [0.2, 0.25) is 0 Å². The average molecular weight is 262 g/mol. The van der Waals surface area contributed by atoms with Crippen molar-refractivity contribution < 1.29 is 4.74 Å². The van der Waals surface area contributed by atoms with E-state index in [9.17, 15) is 0 Å². The van der Waals surface area contributed by atoms with E-state index in [2.05, 4.69) is 35.2 Å². The van der Waals surface area contributed by atoms with Crippen molar-refractivity contribution in [3.8, 4) is 0 Å². The Balaban J connectivity index is 1.70. The van der Waals surface area contributed by atoms with E-state index in [-0.39, 0.29) is 6.04 Å². The highest BCUT2D eigenvalue weighted by Gasteiger charge is 2.20. The van der Waals surface area contributed by atoms with E-state index in [4.69, 9.17) is 10.5 Å². The predicted octanol–water partition coefficient (Wildman–Crippen LogP) is 1.91. The summed E-state index contributed by atoms with van der Waals surface area (Å²) in [4.78, 5) is 2.48. The van der Waals surface area contributed by atoms with Gasteiger partial charge in [-0.15, -0.1) is 0 Å². The molecule has 106 valence electrons. The number of rotatable bonds is 6. The Morgan fingerprint density at radius 1 is 1.26 bits per heavy atom. The van der Waals surface area contributed by atoms with Gasteiger partial charge in [-0.25, -0.2) is 0 Å². The molecule has 2 rings (SSSR count). The van der Waals surface area contributed by atoms with Crippen molar-refractivity contribution in [3.63, 3.8) is 0 Å². The molecule has 1 saturated heterocycles. The van der Waals surface area contributed by atoms with Crippen LogP contribution in [-0.2, 0) is 11.2 Å². The minimum atomic E-state index is 0.149. The molecule has 0 amide bonds. The summed E-state index contributed by atoms with van der Waals surface area (Å²) < 4.78 is 5.09. The van der Waals surface area contributed by atoms with Crippen LogP contribution in [0.25, 0.3) is 0 Å². The first-order chi connectivity index (χ1) is 9.28. The number of hydrogen-bond donors (Lipinski definition) is 1. The van der Waals surface area contributed by atoms with Crippen LogP contribution < -0.4 is 5.73 Å².